The molecule has 1 heterocycles. The standard InChI is InChI=1S/C28H37ClN2O7S/c1-28(2,27(30)36)15-31-21(32)5-4-12-37-19-9-6-16(7-10-19)13-18-14-17(8-11-20(18)29)25-23(34)22(33)24(35)26(38-25)39-3/h6-11,14,22-26,33-35H,4-5,12-13,15H2,1-3H3,(H2,30,36)(H,31,32)/t22-,23-,24+,25+,26-/m1/s1. The first-order valence-electron chi connectivity index (χ1n) is 12.7. The SMILES string of the molecule is CS[C@H]1O[C@@H](c2ccc(Cl)c(Cc3ccc(OCCCC(=O)NCC(C)(C)C(N)=O)cc3)c2)[C@H](O)[C@@H](O)[C@@H]1O. The van der Waals surface area contributed by atoms with Crippen LogP contribution in [0.2, 0.25) is 5.02 Å². The van der Waals surface area contributed by atoms with Gasteiger partial charge >= 0.3 is 0 Å². The van der Waals surface area contributed by atoms with Gasteiger partial charge in [0.1, 0.15) is 35.6 Å². The summed E-state index contributed by atoms with van der Waals surface area (Å²) < 4.78 is 11.6. The molecule has 0 spiro atoms. The lowest BCUT2D eigenvalue weighted by atomic mass is 9.92. The van der Waals surface area contributed by atoms with Gasteiger partial charge in [-0.05, 0) is 67.8 Å². The van der Waals surface area contributed by atoms with E-state index in [1.165, 1.54) is 11.8 Å². The molecule has 214 valence electrons. The number of primary amides is 1. The summed E-state index contributed by atoms with van der Waals surface area (Å²) >= 11 is 7.72. The lowest BCUT2D eigenvalue weighted by molar-refractivity contribution is -0.200. The number of nitrogens with one attached hydrogen (secondary N) is 1. The molecule has 1 aliphatic heterocycles. The number of nitrogens with two attached hydrogens (primary N) is 1. The number of ether oxygens (including phenoxy) is 2. The van der Waals surface area contributed by atoms with Gasteiger partial charge in [-0.1, -0.05) is 35.9 Å². The van der Waals surface area contributed by atoms with Crippen molar-refractivity contribution in [1.82, 2.24) is 5.32 Å². The Morgan fingerprint density at radius 2 is 1.79 bits per heavy atom. The van der Waals surface area contributed by atoms with E-state index in [0.717, 1.165) is 11.1 Å². The van der Waals surface area contributed by atoms with Gasteiger partial charge in [-0.15, -0.1) is 11.8 Å². The molecule has 0 aromatic heterocycles. The molecule has 2 amide bonds. The third-order valence-electron chi connectivity index (χ3n) is 6.73. The van der Waals surface area contributed by atoms with Crippen LogP contribution in [0.15, 0.2) is 42.5 Å². The fourth-order valence-electron chi connectivity index (χ4n) is 4.07. The van der Waals surface area contributed by atoms with E-state index in [1.807, 2.05) is 30.3 Å². The normalized spacial score (nSPS) is 23.3. The molecule has 0 saturated carbocycles. The second kappa shape index (κ2) is 13.8. The van der Waals surface area contributed by atoms with Gasteiger partial charge in [-0.3, -0.25) is 9.59 Å². The van der Waals surface area contributed by atoms with Crippen molar-refractivity contribution >= 4 is 35.2 Å². The van der Waals surface area contributed by atoms with Crippen LogP contribution in [0.25, 0.3) is 0 Å². The number of hydrogen-bond acceptors (Lipinski definition) is 8. The Bertz CT molecular complexity index is 1130. The van der Waals surface area contributed by atoms with E-state index in [1.54, 1.807) is 32.2 Å². The Morgan fingerprint density at radius 3 is 2.44 bits per heavy atom. The topological polar surface area (TPSA) is 151 Å². The molecule has 2 aromatic carbocycles. The number of halogens is 1. The molecule has 2 aromatic rings. The summed E-state index contributed by atoms with van der Waals surface area (Å²) in [4.78, 5) is 23.3. The summed E-state index contributed by atoms with van der Waals surface area (Å²) in [6.45, 7) is 3.91. The van der Waals surface area contributed by atoms with Crippen molar-refractivity contribution in [2.75, 3.05) is 19.4 Å². The van der Waals surface area contributed by atoms with Gasteiger partial charge in [0.2, 0.25) is 11.8 Å². The molecule has 1 aliphatic rings. The monoisotopic (exact) mass is 580 g/mol. The third kappa shape index (κ3) is 8.33. The highest BCUT2D eigenvalue weighted by atomic mass is 35.5. The van der Waals surface area contributed by atoms with Crippen LogP contribution in [0.3, 0.4) is 0 Å². The lowest BCUT2D eigenvalue weighted by Gasteiger charge is -2.40. The highest BCUT2D eigenvalue weighted by Gasteiger charge is 2.44. The molecule has 0 unspecified atom stereocenters. The molecule has 39 heavy (non-hydrogen) atoms. The van der Waals surface area contributed by atoms with Crippen molar-refractivity contribution in [3.63, 3.8) is 0 Å². The van der Waals surface area contributed by atoms with Gasteiger partial charge in [0.05, 0.1) is 12.0 Å². The highest BCUT2D eigenvalue weighted by molar-refractivity contribution is 7.99. The van der Waals surface area contributed by atoms with Gasteiger partial charge in [0.15, 0.2) is 0 Å². The zero-order valence-electron chi connectivity index (χ0n) is 22.3. The predicted octanol–water partition coefficient (Wildman–Crippen LogP) is 2.56. The molecule has 6 N–H and O–H groups in total. The van der Waals surface area contributed by atoms with Crippen molar-refractivity contribution in [3.8, 4) is 5.75 Å². The Hall–Kier alpha value is -2.34. The summed E-state index contributed by atoms with van der Waals surface area (Å²) in [5.74, 6) is 0.0397. The minimum Gasteiger partial charge on any atom is -0.494 e. The highest BCUT2D eigenvalue weighted by Crippen LogP contribution is 2.37. The minimum atomic E-state index is -1.32. The first-order valence-corrected chi connectivity index (χ1v) is 14.4. The number of thioether (sulfide) groups is 1. The van der Waals surface area contributed by atoms with Crippen LogP contribution in [-0.2, 0) is 20.7 Å². The number of carbonyl (C=O) groups is 2. The molecule has 1 saturated heterocycles. The van der Waals surface area contributed by atoms with Crippen molar-refractivity contribution < 1.29 is 34.4 Å². The maximum atomic E-state index is 12.0. The number of amides is 2. The summed E-state index contributed by atoms with van der Waals surface area (Å²) in [5, 5.41) is 34.2. The fraction of sp³-hybridized carbons (Fsp3) is 0.500. The molecule has 11 heteroatoms. The molecule has 0 bridgehead atoms. The number of carbonyl (C=O) groups excluding carboxylic acids is 2. The first-order chi connectivity index (χ1) is 18.4. The molecular weight excluding hydrogens is 544 g/mol. The van der Waals surface area contributed by atoms with Crippen molar-refractivity contribution in [2.45, 2.75) is 63.0 Å². The Balaban J connectivity index is 1.53. The van der Waals surface area contributed by atoms with E-state index in [-0.39, 0.29) is 18.9 Å². The number of benzene rings is 2. The smallest absolute Gasteiger partial charge is 0.224 e. The summed E-state index contributed by atoms with van der Waals surface area (Å²) in [6, 6.07) is 12.9. The van der Waals surface area contributed by atoms with E-state index < -0.39 is 41.2 Å². The van der Waals surface area contributed by atoms with E-state index in [0.29, 0.717) is 35.8 Å². The van der Waals surface area contributed by atoms with Crippen molar-refractivity contribution in [3.05, 3.63) is 64.2 Å². The Kier molecular flexibility index (Phi) is 11.1. The van der Waals surface area contributed by atoms with Gasteiger partial charge < -0.3 is 35.8 Å². The van der Waals surface area contributed by atoms with Crippen LogP contribution in [0.4, 0.5) is 0 Å². The maximum Gasteiger partial charge on any atom is 0.224 e. The van der Waals surface area contributed by atoms with Crippen LogP contribution < -0.4 is 15.8 Å². The van der Waals surface area contributed by atoms with Crippen LogP contribution in [0, 0.1) is 5.41 Å². The molecule has 3 rings (SSSR count). The summed E-state index contributed by atoms with van der Waals surface area (Å²) in [6.07, 6.45) is -1.50. The Labute approximate surface area is 238 Å². The molecule has 1 fully saturated rings. The number of hydrogen-bond donors (Lipinski definition) is 5. The third-order valence-corrected chi connectivity index (χ3v) is 7.95. The average Bonchev–Trinajstić information content (AvgIpc) is 2.91. The molecular formula is C28H37ClN2O7S. The van der Waals surface area contributed by atoms with Crippen molar-refractivity contribution in [2.24, 2.45) is 11.1 Å². The fourth-order valence-corrected chi connectivity index (χ4v) is 4.92. The zero-order valence-corrected chi connectivity index (χ0v) is 23.9. The van der Waals surface area contributed by atoms with Crippen molar-refractivity contribution in [1.29, 1.82) is 0 Å². The van der Waals surface area contributed by atoms with Crippen LogP contribution in [0.1, 0.15) is 49.5 Å². The minimum absolute atomic E-state index is 0.164. The molecule has 0 aliphatic carbocycles. The molecule has 9 nitrogen and oxygen atoms in total. The van der Waals surface area contributed by atoms with Gasteiger partial charge in [0, 0.05) is 18.0 Å². The number of aliphatic hydroxyl groups excluding tert-OH is 3. The maximum absolute atomic E-state index is 12.0. The second-order valence-corrected chi connectivity index (χ2v) is 11.6. The quantitative estimate of drug-likeness (QED) is 0.240. The number of aliphatic hydroxyl groups is 3. The second-order valence-electron chi connectivity index (χ2n) is 10.3. The van der Waals surface area contributed by atoms with Gasteiger partial charge in [0.25, 0.3) is 0 Å². The van der Waals surface area contributed by atoms with E-state index >= 15 is 0 Å². The molecule has 5 atom stereocenters. The van der Waals surface area contributed by atoms with E-state index in [4.69, 9.17) is 26.8 Å². The lowest BCUT2D eigenvalue weighted by Crippen LogP contribution is -2.52. The predicted molar refractivity (Wildman–Crippen MR) is 151 cm³/mol. The van der Waals surface area contributed by atoms with Crippen LogP contribution in [0.5, 0.6) is 5.75 Å². The Morgan fingerprint density at radius 1 is 1.10 bits per heavy atom. The zero-order chi connectivity index (χ0) is 28.7. The van der Waals surface area contributed by atoms with Gasteiger partial charge in [-0.25, -0.2) is 0 Å². The van der Waals surface area contributed by atoms with Crippen LogP contribution >= 0.6 is 23.4 Å². The van der Waals surface area contributed by atoms with Gasteiger partial charge in [-0.2, -0.15) is 0 Å². The first kappa shape index (κ1) is 31.2. The average molecular weight is 581 g/mol. The summed E-state index contributed by atoms with van der Waals surface area (Å²) in [7, 11) is 0. The largest absolute Gasteiger partial charge is 0.494 e. The van der Waals surface area contributed by atoms with E-state index in [2.05, 4.69) is 5.32 Å². The molecule has 0 radical (unpaired) electrons. The summed E-state index contributed by atoms with van der Waals surface area (Å²) in [5.41, 5.74) is 6.33. The van der Waals surface area contributed by atoms with Crippen LogP contribution in [-0.4, -0.2) is 70.3 Å². The number of rotatable bonds is 12. The van der Waals surface area contributed by atoms with E-state index in [9.17, 15) is 24.9 Å².